The number of aromatic nitrogens is 1. The van der Waals surface area contributed by atoms with Gasteiger partial charge in [0.1, 0.15) is 16.3 Å². The van der Waals surface area contributed by atoms with Crippen molar-refractivity contribution >= 4 is 27.5 Å². The summed E-state index contributed by atoms with van der Waals surface area (Å²) < 4.78 is 15.1. The largest absolute Gasteiger partial charge is 0.347 e. The fourth-order valence-electron chi connectivity index (χ4n) is 3.26. The lowest BCUT2D eigenvalue weighted by atomic mass is 10.1. The summed E-state index contributed by atoms with van der Waals surface area (Å²) >= 11 is 1.63. The number of hydrogen-bond acceptors (Lipinski definition) is 2. The van der Waals surface area contributed by atoms with Gasteiger partial charge in [-0.2, -0.15) is 0 Å². The Labute approximate surface area is 161 Å². The van der Waals surface area contributed by atoms with Crippen molar-refractivity contribution in [3.63, 3.8) is 0 Å². The van der Waals surface area contributed by atoms with Crippen molar-refractivity contribution < 1.29 is 9.18 Å². The van der Waals surface area contributed by atoms with E-state index in [0.717, 1.165) is 21.3 Å². The quantitative estimate of drug-likeness (QED) is 0.497. The highest BCUT2D eigenvalue weighted by molar-refractivity contribution is 7.16. The maximum atomic E-state index is 13.0. The number of nitrogens with zero attached hydrogens (tertiary/aromatic N) is 1. The molecule has 1 amide bonds. The topological polar surface area (TPSA) is 34.0 Å². The lowest BCUT2D eigenvalue weighted by Gasteiger charge is -2.18. The minimum atomic E-state index is -0.282. The van der Waals surface area contributed by atoms with E-state index in [9.17, 15) is 9.18 Å². The molecule has 1 atom stereocenters. The fourth-order valence-corrected chi connectivity index (χ4v) is 4.23. The van der Waals surface area contributed by atoms with Crippen LogP contribution in [-0.4, -0.2) is 10.5 Å². The van der Waals surface area contributed by atoms with Crippen LogP contribution in [0.25, 0.3) is 10.2 Å². The highest BCUT2D eigenvalue weighted by atomic mass is 32.1. The first kappa shape index (κ1) is 17.5. The van der Waals surface area contributed by atoms with E-state index < -0.39 is 0 Å². The Morgan fingerprint density at radius 3 is 2.59 bits per heavy atom. The maximum absolute atomic E-state index is 13.0. The van der Waals surface area contributed by atoms with Crippen molar-refractivity contribution in [2.24, 2.45) is 0 Å². The van der Waals surface area contributed by atoms with Crippen LogP contribution in [0.1, 0.15) is 34.6 Å². The smallest absolute Gasteiger partial charge is 0.268 e. The van der Waals surface area contributed by atoms with Crippen molar-refractivity contribution in [2.45, 2.75) is 19.5 Å². The zero-order chi connectivity index (χ0) is 18.8. The molecule has 0 spiro atoms. The van der Waals surface area contributed by atoms with Gasteiger partial charge in [-0.15, -0.1) is 11.3 Å². The number of rotatable bonds is 5. The second kappa shape index (κ2) is 7.37. The molecule has 0 saturated heterocycles. The number of amides is 1. The van der Waals surface area contributed by atoms with Crippen molar-refractivity contribution in [2.75, 3.05) is 0 Å². The van der Waals surface area contributed by atoms with Crippen molar-refractivity contribution in [3.8, 4) is 0 Å². The molecule has 5 heteroatoms. The normalized spacial score (nSPS) is 12.2. The molecule has 0 aliphatic rings. The highest BCUT2D eigenvalue weighted by Gasteiger charge is 2.21. The second-order valence-corrected chi connectivity index (χ2v) is 7.37. The van der Waals surface area contributed by atoms with E-state index in [-0.39, 0.29) is 17.8 Å². The van der Waals surface area contributed by atoms with Crippen LogP contribution in [0.3, 0.4) is 0 Å². The van der Waals surface area contributed by atoms with Gasteiger partial charge in [-0.25, -0.2) is 4.39 Å². The Kier molecular flexibility index (Phi) is 4.77. The van der Waals surface area contributed by atoms with Crippen molar-refractivity contribution in [1.82, 2.24) is 9.88 Å². The molecule has 4 aromatic rings. The van der Waals surface area contributed by atoms with E-state index in [1.165, 1.54) is 12.1 Å². The van der Waals surface area contributed by atoms with Gasteiger partial charge in [0.25, 0.3) is 5.91 Å². The lowest BCUT2D eigenvalue weighted by molar-refractivity contribution is 0.0941. The average Bonchev–Trinajstić information content (AvgIpc) is 3.28. The number of nitrogens with one attached hydrogen (secondary N) is 1. The Morgan fingerprint density at radius 1 is 1.11 bits per heavy atom. The zero-order valence-corrected chi connectivity index (χ0v) is 15.7. The minimum absolute atomic E-state index is 0.0360. The molecule has 2 heterocycles. The molecule has 1 N–H and O–H groups in total. The number of carbonyl (C=O) groups is 1. The summed E-state index contributed by atoms with van der Waals surface area (Å²) in [5.74, 6) is -0.415. The first-order valence-electron chi connectivity index (χ1n) is 8.79. The van der Waals surface area contributed by atoms with Gasteiger partial charge < -0.3 is 9.88 Å². The predicted octanol–water partition coefficient (Wildman–Crippen LogP) is 5.38. The monoisotopic (exact) mass is 378 g/mol. The molecular formula is C22H19FN2OS. The van der Waals surface area contributed by atoms with Gasteiger partial charge in [0.2, 0.25) is 0 Å². The van der Waals surface area contributed by atoms with E-state index in [0.29, 0.717) is 12.2 Å². The second-order valence-electron chi connectivity index (χ2n) is 6.48. The number of carbonyl (C=O) groups excluding carboxylic acids is 1. The van der Waals surface area contributed by atoms with Crippen LogP contribution >= 0.6 is 11.3 Å². The molecule has 2 aromatic carbocycles. The van der Waals surface area contributed by atoms with Crippen molar-refractivity contribution in [3.05, 3.63) is 94.7 Å². The molecule has 4 rings (SSSR count). The molecule has 0 radical (unpaired) electrons. The Balaban J connectivity index is 1.64. The van der Waals surface area contributed by atoms with E-state index in [1.807, 2.05) is 35.7 Å². The van der Waals surface area contributed by atoms with E-state index >= 15 is 0 Å². The number of thiophene rings is 1. The average molecular weight is 378 g/mol. The molecule has 0 fully saturated rings. The van der Waals surface area contributed by atoms with Crippen LogP contribution in [0.5, 0.6) is 0 Å². The third-order valence-corrected chi connectivity index (χ3v) is 5.64. The van der Waals surface area contributed by atoms with Crippen LogP contribution in [0, 0.1) is 5.82 Å². The predicted molar refractivity (Wildman–Crippen MR) is 108 cm³/mol. The third-order valence-electron chi connectivity index (χ3n) is 4.71. The summed E-state index contributed by atoms with van der Waals surface area (Å²) in [5, 5.41) is 6.06. The van der Waals surface area contributed by atoms with E-state index in [2.05, 4.69) is 28.9 Å². The molecule has 1 unspecified atom stereocenters. The van der Waals surface area contributed by atoms with E-state index in [1.54, 1.807) is 23.5 Å². The van der Waals surface area contributed by atoms with E-state index in [4.69, 9.17) is 0 Å². The first-order chi connectivity index (χ1) is 13.1. The molecule has 3 nitrogen and oxygen atoms in total. The third kappa shape index (κ3) is 3.51. The van der Waals surface area contributed by atoms with Crippen LogP contribution in [0.2, 0.25) is 0 Å². The van der Waals surface area contributed by atoms with Crippen LogP contribution in [0.4, 0.5) is 4.39 Å². The SMILES string of the molecule is CC(c1ccccc1)n1c(C(=O)NCc2ccc(F)cc2)cc2ccsc21. The fraction of sp³-hybridized carbons (Fsp3) is 0.136. The lowest BCUT2D eigenvalue weighted by Crippen LogP contribution is -2.26. The zero-order valence-electron chi connectivity index (χ0n) is 14.9. The molecule has 0 aliphatic heterocycles. The summed E-state index contributed by atoms with van der Waals surface area (Å²) in [6.45, 7) is 2.46. The van der Waals surface area contributed by atoms with Crippen LogP contribution in [0.15, 0.2) is 72.1 Å². The van der Waals surface area contributed by atoms with Gasteiger partial charge in [-0.05, 0) is 47.7 Å². The number of benzene rings is 2. The first-order valence-corrected chi connectivity index (χ1v) is 9.67. The molecular weight excluding hydrogens is 359 g/mol. The summed E-state index contributed by atoms with van der Waals surface area (Å²) in [6.07, 6.45) is 0. The molecule has 136 valence electrons. The summed E-state index contributed by atoms with van der Waals surface area (Å²) in [6, 6.07) is 20.3. The number of fused-ring (bicyclic) bond motifs is 1. The van der Waals surface area contributed by atoms with Gasteiger partial charge in [0.15, 0.2) is 0 Å². The molecule has 2 aromatic heterocycles. The highest BCUT2D eigenvalue weighted by Crippen LogP contribution is 2.31. The van der Waals surface area contributed by atoms with Gasteiger partial charge in [-0.3, -0.25) is 4.79 Å². The van der Waals surface area contributed by atoms with Crippen molar-refractivity contribution in [1.29, 1.82) is 0 Å². The Bertz CT molecular complexity index is 1070. The number of hydrogen-bond donors (Lipinski definition) is 1. The van der Waals surface area contributed by atoms with Gasteiger partial charge >= 0.3 is 0 Å². The van der Waals surface area contributed by atoms with Crippen LogP contribution < -0.4 is 5.32 Å². The van der Waals surface area contributed by atoms with Gasteiger partial charge in [0.05, 0.1) is 6.04 Å². The number of halogens is 1. The minimum Gasteiger partial charge on any atom is -0.347 e. The Morgan fingerprint density at radius 2 is 1.85 bits per heavy atom. The Hall–Kier alpha value is -2.92. The molecule has 0 bridgehead atoms. The standard InChI is InChI=1S/C22H19FN2OS/c1-15(17-5-3-2-4-6-17)25-20(13-18-11-12-27-22(18)25)21(26)24-14-16-7-9-19(23)10-8-16/h2-13,15H,14H2,1H3,(H,24,26). The molecule has 0 saturated carbocycles. The summed E-state index contributed by atoms with van der Waals surface area (Å²) in [7, 11) is 0. The molecule has 27 heavy (non-hydrogen) atoms. The summed E-state index contributed by atoms with van der Waals surface area (Å²) in [4.78, 5) is 14.0. The van der Waals surface area contributed by atoms with Crippen LogP contribution in [-0.2, 0) is 6.54 Å². The van der Waals surface area contributed by atoms with Gasteiger partial charge in [0, 0.05) is 11.9 Å². The van der Waals surface area contributed by atoms with Gasteiger partial charge in [-0.1, -0.05) is 42.5 Å². The maximum Gasteiger partial charge on any atom is 0.268 e. The molecule has 0 aliphatic carbocycles. The summed E-state index contributed by atoms with van der Waals surface area (Å²) in [5.41, 5.74) is 2.65.